The Morgan fingerprint density at radius 3 is 2.31 bits per heavy atom. The van der Waals surface area contributed by atoms with Crippen molar-refractivity contribution in [3.8, 4) is 0 Å². The topological polar surface area (TPSA) is 122 Å². The number of nitro groups is 1. The van der Waals surface area contributed by atoms with Gasteiger partial charge in [0.25, 0.3) is 11.6 Å². The Morgan fingerprint density at radius 2 is 1.81 bits per heavy atom. The van der Waals surface area contributed by atoms with Gasteiger partial charge in [0.2, 0.25) is 0 Å². The summed E-state index contributed by atoms with van der Waals surface area (Å²) in [6.45, 7) is 7.57. The maximum absolute atomic E-state index is 13.3. The lowest BCUT2D eigenvalue weighted by Gasteiger charge is -2.28. The second-order valence-corrected chi connectivity index (χ2v) is 8.52. The number of nitro benzene ring substituents is 1. The minimum atomic E-state index is -5.07. The van der Waals surface area contributed by atoms with E-state index in [2.05, 4.69) is 5.32 Å². The Kier molecular flexibility index (Phi) is 6.44. The number of rotatable bonds is 5. The summed E-state index contributed by atoms with van der Waals surface area (Å²) in [6.07, 6.45) is -5.81. The highest BCUT2D eigenvalue weighted by Crippen LogP contribution is 2.40. The predicted octanol–water partition coefficient (Wildman–Crippen LogP) is 3.69. The fourth-order valence-corrected chi connectivity index (χ4v) is 3.07. The van der Waals surface area contributed by atoms with Gasteiger partial charge in [-0.2, -0.15) is 13.2 Å². The van der Waals surface area contributed by atoms with Crippen molar-refractivity contribution < 1.29 is 37.2 Å². The van der Waals surface area contributed by atoms with Crippen LogP contribution in [0.3, 0.4) is 0 Å². The highest BCUT2D eigenvalue weighted by molar-refractivity contribution is 6.23. The van der Waals surface area contributed by atoms with Crippen LogP contribution in [0.4, 0.5) is 34.1 Å². The highest BCUT2D eigenvalue weighted by atomic mass is 19.4. The van der Waals surface area contributed by atoms with Crippen molar-refractivity contribution in [1.82, 2.24) is 10.2 Å². The van der Waals surface area contributed by atoms with Gasteiger partial charge in [-0.05, 0) is 46.8 Å². The lowest BCUT2D eigenvalue weighted by molar-refractivity contribution is -0.388. The van der Waals surface area contributed by atoms with E-state index >= 15 is 0 Å². The molecule has 1 aromatic rings. The van der Waals surface area contributed by atoms with Crippen LogP contribution in [0, 0.1) is 10.1 Å². The predicted molar refractivity (Wildman–Crippen MR) is 106 cm³/mol. The zero-order valence-corrected chi connectivity index (χ0v) is 18.1. The van der Waals surface area contributed by atoms with E-state index in [1.165, 1.54) is 13.8 Å². The number of hydrogen-bond acceptors (Lipinski definition) is 6. The molecule has 1 saturated heterocycles. The Labute approximate surface area is 181 Å². The van der Waals surface area contributed by atoms with Crippen molar-refractivity contribution in [2.75, 3.05) is 18.0 Å². The van der Waals surface area contributed by atoms with Gasteiger partial charge < -0.3 is 15.0 Å². The van der Waals surface area contributed by atoms with Crippen LogP contribution in [0.1, 0.15) is 40.2 Å². The Morgan fingerprint density at radius 1 is 1.22 bits per heavy atom. The zero-order chi connectivity index (χ0) is 24.6. The largest absolute Gasteiger partial charge is 0.444 e. The third kappa shape index (κ3) is 5.08. The SMILES string of the molecule is CC(C)(C)OC(=O)NCCN1C(=O)N(c2ccc([N+](=O)[O-])c(C(F)(F)F)c2)C(=O)C1(C)C. The second-order valence-electron chi connectivity index (χ2n) is 8.52. The molecule has 1 fully saturated rings. The number of ether oxygens (including phenoxy) is 1. The molecule has 0 saturated carbocycles. The molecule has 4 amide bonds. The zero-order valence-electron chi connectivity index (χ0n) is 18.1. The molecule has 1 aromatic carbocycles. The second kappa shape index (κ2) is 8.28. The number of benzene rings is 1. The summed E-state index contributed by atoms with van der Waals surface area (Å²) in [6, 6.07) is 0.972. The quantitative estimate of drug-likeness (QED) is 0.406. The van der Waals surface area contributed by atoms with Gasteiger partial charge in [-0.15, -0.1) is 0 Å². The molecule has 0 aliphatic carbocycles. The van der Waals surface area contributed by atoms with Crippen LogP contribution in [-0.4, -0.2) is 52.1 Å². The molecule has 1 aliphatic rings. The average molecular weight is 460 g/mol. The molecule has 0 radical (unpaired) electrons. The normalized spacial score (nSPS) is 16.4. The number of hydrogen-bond donors (Lipinski definition) is 1. The number of imide groups is 1. The van der Waals surface area contributed by atoms with E-state index < -0.39 is 57.2 Å². The number of anilines is 1. The Bertz CT molecular complexity index is 955. The number of nitrogens with one attached hydrogen (secondary N) is 1. The number of alkyl carbamates (subject to hydrolysis) is 1. The van der Waals surface area contributed by atoms with Gasteiger partial charge >= 0.3 is 18.3 Å². The van der Waals surface area contributed by atoms with E-state index in [0.717, 1.165) is 11.0 Å². The maximum atomic E-state index is 13.3. The summed E-state index contributed by atoms with van der Waals surface area (Å²) in [5, 5.41) is 13.4. The monoisotopic (exact) mass is 460 g/mol. The molecule has 2 rings (SSSR count). The van der Waals surface area contributed by atoms with E-state index in [0.29, 0.717) is 17.0 Å². The molecular weight excluding hydrogens is 437 g/mol. The number of carbonyl (C=O) groups excluding carboxylic acids is 3. The van der Waals surface area contributed by atoms with Crippen LogP contribution < -0.4 is 10.2 Å². The van der Waals surface area contributed by atoms with Gasteiger partial charge in [0, 0.05) is 19.2 Å². The first kappa shape index (κ1) is 24.9. The molecule has 0 aromatic heterocycles. The van der Waals surface area contributed by atoms with Crippen LogP contribution in [0.2, 0.25) is 0 Å². The third-order valence-electron chi connectivity index (χ3n) is 4.57. The first-order valence-electron chi connectivity index (χ1n) is 9.45. The van der Waals surface area contributed by atoms with Crippen molar-refractivity contribution in [3.63, 3.8) is 0 Å². The van der Waals surface area contributed by atoms with E-state index in [4.69, 9.17) is 4.74 Å². The minimum Gasteiger partial charge on any atom is -0.444 e. The Balaban J connectivity index is 2.28. The highest BCUT2D eigenvalue weighted by Gasteiger charge is 2.52. The fourth-order valence-electron chi connectivity index (χ4n) is 3.07. The van der Waals surface area contributed by atoms with Crippen LogP contribution in [0.5, 0.6) is 0 Å². The van der Waals surface area contributed by atoms with Crippen molar-refractivity contribution >= 4 is 29.4 Å². The van der Waals surface area contributed by atoms with Gasteiger partial charge in [0.05, 0.1) is 10.6 Å². The summed E-state index contributed by atoms with van der Waals surface area (Å²) < 4.78 is 45.0. The van der Waals surface area contributed by atoms with Crippen LogP contribution in [0.15, 0.2) is 18.2 Å². The Hall–Kier alpha value is -3.38. The molecule has 0 bridgehead atoms. The van der Waals surface area contributed by atoms with Gasteiger partial charge in [-0.3, -0.25) is 14.9 Å². The molecule has 0 unspecified atom stereocenters. The molecule has 1 aliphatic heterocycles. The molecule has 1 N–H and O–H groups in total. The van der Waals surface area contributed by atoms with Gasteiger partial charge in [0.1, 0.15) is 16.7 Å². The van der Waals surface area contributed by atoms with E-state index in [1.54, 1.807) is 20.8 Å². The molecule has 176 valence electrons. The average Bonchev–Trinajstić information content (AvgIpc) is 2.78. The van der Waals surface area contributed by atoms with Gasteiger partial charge in [-0.25, -0.2) is 14.5 Å². The first-order chi connectivity index (χ1) is 14.5. The first-order valence-corrected chi connectivity index (χ1v) is 9.45. The van der Waals surface area contributed by atoms with Crippen molar-refractivity contribution in [2.24, 2.45) is 0 Å². The third-order valence-corrected chi connectivity index (χ3v) is 4.57. The van der Waals surface area contributed by atoms with Crippen LogP contribution in [0.25, 0.3) is 0 Å². The summed E-state index contributed by atoms with van der Waals surface area (Å²) >= 11 is 0. The fraction of sp³-hybridized carbons (Fsp3) is 0.526. The van der Waals surface area contributed by atoms with E-state index in [1.807, 2.05) is 0 Å². The lowest BCUT2D eigenvalue weighted by Crippen LogP contribution is -2.47. The van der Waals surface area contributed by atoms with E-state index in [9.17, 15) is 37.7 Å². The number of carbonyl (C=O) groups is 3. The van der Waals surface area contributed by atoms with Gasteiger partial charge in [0.15, 0.2) is 0 Å². The molecule has 32 heavy (non-hydrogen) atoms. The number of amides is 4. The van der Waals surface area contributed by atoms with Crippen molar-refractivity contribution in [2.45, 2.75) is 51.9 Å². The lowest BCUT2D eigenvalue weighted by atomic mass is 10.0. The minimum absolute atomic E-state index is 0.0841. The van der Waals surface area contributed by atoms with Gasteiger partial charge in [-0.1, -0.05) is 0 Å². The molecule has 0 atom stereocenters. The number of halogens is 3. The summed E-state index contributed by atoms with van der Waals surface area (Å²) in [5.74, 6) is -0.818. The number of nitrogens with zero attached hydrogens (tertiary/aromatic N) is 3. The van der Waals surface area contributed by atoms with Crippen molar-refractivity contribution in [3.05, 3.63) is 33.9 Å². The smallest absolute Gasteiger partial charge is 0.423 e. The molecular formula is C19H23F3N4O6. The summed E-state index contributed by atoms with van der Waals surface area (Å²) in [5.41, 5.74) is -5.41. The van der Waals surface area contributed by atoms with E-state index in [-0.39, 0.29) is 13.1 Å². The summed E-state index contributed by atoms with van der Waals surface area (Å²) in [4.78, 5) is 48.9. The number of urea groups is 1. The van der Waals surface area contributed by atoms with Crippen molar-refractivity contribution in [1.29, 1.82) is 0 Å². The molecule has 13 heteroatoms. The maximum Gasteiger partial charge on any atom is 0.423 e. The standard InChI is InChI=1S/C19H23F3N4O6/c1-17(2,3)32-15(28)23-8-9-24-16(29)25(14(27)18(24,4)5)11-6-7-13(26(30)31)12(10-11)19(20,21)22/h6-7,10H,8-9H2,1-5H3,(H,23,28). The molecule has 0 spiro atoms. The number of alkyl halides is 3. The summed E-state index contributed by atoms with van der Waals surface area (Å²) in [7, 11) is 0. The van der Waals surface area contributed by atoms with Crippen LogP contribution in [-0.2, 0) is 15.7 Å². The van der Waals surface area contributed by atoms with Crippen LogP contribution >= 0.6 is 0 Å². The molecule has 1 heterocycles. The molecule has 10 nitrogen and oxygen atoms in total.